The van der Waals surface area contributed by atoms with Gasteiger partial charge in [-0.1, -0.05) is 29.8 Å². The molecule has 0 unspecified atom stereocenters. The van der Waals surface area contributed by atoms with E-state index in [-0.39, 0.29) is 5.91 Å². The molecule has 0 bridgehead atoms. The molecular weight excluding hydrogens is 322 g/mol. The summed E-state index contributed by atoms with van der Waals surface area (Å²) in [5.41, 5.74) is 4.30. The minimum absolute atomic E-state index is 0.213. The molecule has 0 saturated carbocycles. The molecule has 118 valence electrons. The molecule has 0 spiro atoms. The van der Waals surface area contributed by atoms with Gasteiger partial charge in [-0.05, 0) is 19.1 Å². The number of thiazole rings is 1. The van der Waals surface area contributed by atoms with Crippen LogP contribution in [-0.2, 0) is 0 Å². The number of aryl methyl sites for hydroxylation is 1. The molecule has 1 aromatic carbocycles. The number of aromatic nitrogens is 4. The molecule has 4 aromatic rings. The molecule has 0 radical (unpaired) electrons. The van der Waals surface area contributed by atoms with Gasteiger partial charge in [-0.25, -0.2) is 4.98 Å². The molecule has 6 nitrogen and oxygen atoms in total. The van der Waals surface area contributed by atoms with E-state index >= 15 is 0 Å². The second-order valence-electron chi connectivity index (χ2n) is 5.37. The highest BCUT2D eigenvalue weighted by molar-refractivity contribution is 7.14. The van der Waals surface area contributed by atoms with Gasteiger partial charge >= 0.3 is 0 Å². The SMILES string of the molecule is Cc1ccc(-c2csc(NC(=O)c3ccc4nncn4c3)n2)cc1. The van der Waals surface area contributed by atoms with E-state index in [1.165, 1.54) is 16.9 Å². The summed E-state index contributed by atoms with van der Waals surface area (Å²) in [6, 6.07) is 11.6. The molecule has 24 heavy (non-hydrogen) atoms. The molecule has 0 fully saturated rings. The lowest BCUT2D eigenvalue weighted by Crippen LogP contribution is -2.12. The summed E-state index contributed by atoms with van der Waals surface area (Å²) >= 11 is 1.40. The summed E-state index contributed by atoms with van der Waals surface area (Å²) in [5, 5.41) is 13.1. The third-order valence-electron chi connectivity index (χ3n) is 3.63. The number of nitrogens with zero attached hydrogens (tertiary/aromatic N) is 4. The highest BCUT2D eigenvalue weighted by atomic mass is 32.1. The zero-order valence-corrected chi connectivity index (χ0v) is 13.6. The first kappa shape index (κ1) is 14.5. The van der Waals surface area contributed by atoms with Crippen LogP contribution in [0.15, 0.2) is 54.3 Å². The van der Waals surface area contributed by atoms with Crippen molar-refractivity contribution in [2.45, 2.75) is 6.92 Å². The maximum atomic E-state index is 12.4. The van der Waals surface area contributed by atoms with E-state index in [9.17, 15) is 4.79 Å². The van der Waals surface area contributed by atoms with E-state index in [0.29, 0.717) is 16.3 Å². The summed E-state index contributed by atoms with van der Waals surface area (Å²) in [6.07, 6.45) is 3.25. The second kappa shape index (κ2) is 5.86. The van der Waals surface area contributed by atoms with Crippen LogP contribution < -0.4 is 5.32 Å². The van der Waals surface area contributed by atoms with Gasteiger partial charge in [0.05, 0.1) is 11.3 Å². The molecule has 3 heterocycles. The number of hydrogen-bond donors (Lipinski definition) is 1. The van der Waals surface area contributed by atoms with E-state index in [1.54, 1.807) is 29.1 Å². The molecule has 1 N–H and O–H groups in total. The van der Waals surface area contributed by atoms with Crippen molar-refractivity contribution < 1.29 is 4.79 Å². The zero-order valence-electron chi connectivity index (χ0n) is 12.8. The van der Waals surface area contributed by atoms with Crippen molar-refractivity contribution in [3.63, 3.8) is 0 Å². The maximum Gasteiger partial charge on any atom is 0.258 e. The molecule has 7 heteroatoms. The number of fused-ring (bicyclic) bond motifs is 1. The van der Waals surface area contributed by atoms with Gasteiger partial charge < -0.3 is 0 Å². The normalized spacial score (nSPS) is 10.9. The molecular formula is C17H13N5OS. The Balaban J connectivity index is 1.54. The molecule has 0 saturated heterocycles. The first-order valence-electron chi connectivity index (χ1n) is 7.32. The van der Waals surface area contributed by atoms with Crippen molar-refractivity contribution >= 4 is 28.0 Å². The Kier molecular flexibility index (Phi) is 3.55. The lowest BCUT2D eigenvalue weighted by Gasteiger charge is -2.02. The highest BCUT2D eigenvalue weighted by Gasteiger charge is 2.11. The lowest BCUT2D eigenvalue weighted by atomic mass is 10.1. The standard InChI is InChI=1S/C17H13N5OS/c1-11-2-4-12(5-3-11)14-9-24-17(19-14)20-16(23)13-6-7-15-21-18-10-22(15)8-13/h2-10H,1H3,(H,19,20,23). The third-order valence-corrected chi connectivity index (χ3v) is 4.38. The van der Waals surface area contributed by atoms with Crippen LogP contribution in [-0.4, -0.2) is 25.5 Å². The molecule has 3 aromatic heterocycles. The maximum absolute atomic E-state index is 12.4. The van der Waals surface area contributed by atoms with Gasteiger partial charge in [0.2, 0.25) is 0 Å². The van der Waals surface area contributed by atoms with Crippen molar-refractivity contribution in [3.8, 4) is 11.3 Å². The fraction of sp³-hybridized carbons (Fsp3) is 0.0588. The number of benzene rings is 1. The van der Waals surface area contributed by atoms with E-state index in [1.807, 2.05) is 36.6 Å². The predicted octanol–water partition coefficient (Wildman–Crippen LogP) is 3.41. The van der Waals surface area contributed by atoms with E-state index in [0.717, 1.165) is 11.3 Å². The van der Waals surface area contributed by atoms with Crippen LogP contribution in [0.5, 0.6) is 0 Å². The largest absolute Gasteiger partial charge is 0.298 e. The lowest BCUT2D eigenvalue weighted by molar-refractivity contribution is 0.102. The van der Waals surface area contributed by atoms with Gasteiger partial charge in [-0.3, -0.25) is 14.5 Å². The van der Waals surface area contributed by atoms with Crippen LogP contribution in [0, 0.1) is 6.92 Å². The fourth-order valence-corrected chi connectivity index (χ4v) is 3.03. The Bertz CT molecular complexity index is 1020. The molecule has 0 aliphatic heterocycles. The van der Waals surface area contributed by atoms with Crippen LogP contribution >= 0.6 is 11.3 Å². The molecule has 1 amide bonds. The number of rotatable bonds is 3. The van der Waals surface area contributed by atoms with Gasteiger partial charge in [-0.2, -0.15) is 0 Å². The quantitative estimate of drug-likeness (QED) is 0.623. The van der Waals surface area contributed by atoms with Crippen molar-refractivity contribution in [2.75, 3.05) is 5.32 Å². The molecule has 0 aliphatic carbocycles. The average molecular weight is 335 g/mol. The molecule has 0 atom stereocenters. The predicted molar refractivity (Wildman–Crippen MR) is 93.2 cm³/mol. The highest BCUT2D eigenvalue weighted by Crippen LogP contribution is 2.25. The molecule has 4 rings (SSSR count). The van der Waals surface area contributed by atoms with Crippen LogP contribution in [0.1, 0.15) is 15.9 Å². The Hall–Kier alpha value is -3.06. The second-order valence-corrected chi connectivity index (χ2v) is 6.23. The Morgan fingerprint density at radius 1 is 1.17 bits per heavy atom. The van der Waals surface area contributed by atoms with Crippen LogP contribution in [0.25, 0.3) is 16.9 Å². The van der Waals surface area contributed by atoms with Gasteiger partial charge in [0, 0.05) is 17.1 Å². The van der Waals surface area contributed by atoms with E-state index in [2.05, 4.69) is 20.5 Å². The number of amides is 1. The minimum atomic E-state index is -0.213. The number of carbonyl (C=O) groups is 1. The first-order chi connectivity index (χ1) is 11.7. The van der Waals surface area contributed by atoms with Gasteiger partial charge in [0.1, 0.15) is 6.33 Å². The summed E-state index contributed by atoms with van der Waals surface area (Å²) in [6.45, 7) is 2.04. The van der Waals surface area contributed by atoms with Crippen molar-refractivity contribution in [1.29, 1.82) is 0 Å². The van der Waals surface area contributed by atoms with E-state index in [4.69, 9.17) is 0 Å². The van der Waals surface area contributed by atoms with Crippen LogP contribution in [0.3, 0.4) is 0 Å². The third kappa shape index (κ3) is 2.77. The minimum Gasteiger partial charge on any atom is -0.298 e. The number of nitrogens with one attached hydrogen (secondary N) is 1. The summed E-state index contributed by atoms with van der Waals surface area (Å²) < 4.78 is 1.70. The number of hydrogen-bond acceptors (Lipinski definition) is 5. The number of anilines is 1. The summed E-state index contributed by atoms with van der Waals surface area (Å²) in [5.74, 6) is -0.213. The summed E-state index contributed by atoms with van der Waals surface area (Å²) in [4.78, 5) is 16.9. The first-order valence-corrected chi connectivity index (χ1v) is 8.20. The van der Waals surface area contributed by atoms with Gasteiger partial charge in [0.15, 0.2) is 10.8 Å². The monoisotopic (exact) mass is 335 g/mol. The number of carbonyl (C=O) groups excluding carboxylic acids is 1. The van der Waals surface area contributed by atoms with E-state index < -0.39 is 0 Å². The van der Waals surface area contributed by atoms with Crippen LogP contribution in [0.2, 0.25) is 0 Å². The topological polar surface area (TPSA) is 72.2 Å². The summed E-state index contributed by atoms with van der Waals surface area (Å²) in [7, 11) is 0. The Labute approximate surface area is 141 Å². The van der Waals surface area contributed by atoms with Crippen molar-refractivity contribution in [3.05, 3.63) is 65.4 Å². The average Bonchev–Trinajstić information content (AvgIpc) is 3.24. The number of pyridine rings is 1. The Morgan fingerprint density at radius 2 is 2.00 bits per heavy atom. The van der Waals surface area contributed by atoms with Crippen molar-refractivity contribution in [1.82, 2.24) is 19.6 Å². The fourth-order valence-electron chi connectivity index (χ4n) is 2.32. The van der Waals surface area contributed by atoms with Gasteiger partial charge in [-0.15, -0.1) is 21.5 Å². The Morgan fingerprint density at radius 3 is 2.83 bits per heavy atom. The van der Waals surface area contributed by atoms with Gasteiger partial charge in [0.25, 0.3) is 5.91 Å². The van der Waals surface area contributed by atoms with Crippen LogP contribution in [0.4, 0.5) is 5.13 Å². The zero-order chi connectivity index (χ0) is 16.5. The molecule has 0 aliphatic rings. The smallest absolute Gasteiger partial charge is 0.258 e. The van der Waals surface area contributed by atoms with Crippen molar-refractivity contribution in [2.24, 2.45) is 0 Å².